The van der Waals surface area contributed by atoms with Crippen molar-refractivity contribution in [3.05, 3.63) is 32.9 Å². The number of aliphatic hydroxyl groups is 1. The molecule has 0 spiro atoms. The van der Waals surface area contributed by atoms with Crippen LogP contribution < -0.4 is 0 Å². The van der Waals surface area contributed by atoms with Crippen molar-refractivity contribution in [2.75, 3.05) is 0 Å². The molecule has 0 amide bonds. The van der Waals surface area contributed by atoms with Crippen LogP contribution in [0.25, 0.3) is 0 Å². The van der Waals surface area contributed by atoms with Crippen LogP contribution in [0.1, 0.15) is 31.9 Å². The lowest BCUT2D eigenvalue weighted by atomic mass is 9.99. The van der Waals surface area contributed by atoms with Crippen LogP contribution in [0.5, 0.6) is 0 Å². The van der Waals surface area contributed by atoms with E-state index in [-0.39, 0.29) is 11.5 Å². The van der Waals surface area contributed by atoms with Gasteiger partial charge in [0.15, 0.2) is 0 Å². The molecule has 15 heavy (non-hydrogen) atoms. The fourth-order valence-corrected chi connectivity index (χ4v) is 1.88. The van der Waals surface area contributed by atoms with Gasteiger partial charge in [-0.15, -0.1) is 0 Å². The second kappa shape index (κ2) is 5.21. The van der Waals surface area contributed by atoms with E-state index < -0.39 is 17.7 Å². The number of benzene rings is 1. The first kappa shape index (κ1) is 12.8. The molecule has 4 heteroatoms. The summed E-state index contributed by atoms with van der Waals surface area (Å²) in [7, 11) is 0. The van der Waals surface area contributed by atoms with Crippen LogP contribution >= 0.6 is 22.6 Å². The Morgan fingerprint density at radius 3 is 2.47 bits per heavy atom. The van der Waals surface area contributed by atoms with E-state index in [1.165, 1.54) is 12.1 Å². The van der Waals surface area contributed by atoms with Gasteiger partial charge < -0.3 is 5.11 Å². The van der Waals surface area contributed by atoms with Crippen molar-refractivity contribution < 1.29 is 13.9 Å². The highest BCUT2D eigenvalue weighted by atomic mass is 127. The standard InChI is InChI=1S/C11H13F2IO/c1-6(2)5-9(15)10-7(12)3-4-8(14)11(10)13/h3-4,6,9,15H,5H2,1-2H3. The van der Waals surface area contributed by atoms with Crippen molar-refractivity contribution in [3.63, 3.8) is 0 Å². The van der Waals surface area contributed by atoms with Gasteiger partial charge in [-0.2, -0.15) is 0 Å². The van der Waals surface area contributed by atoms with E-state index in [2.05, 4.69) is 0 Å². The first-order valence-electron chi connectivity index (χ1n) is 4.75. The van der Waals surface area contributed by atoms with Crippen molar-refractivity contribution in [3.8, 4) is 0 Å². The summed E-state index contributed by atoms with van der Waals surface area (Å²) in [6.45, 7) is 3.79. The minimum atomic E-state index is -1.07. The molecule has 0 aromatic heterocycles. The third-order valence-electron chi connectivity index (χ3n) is 2.11. The summed E-state index contributed by atoms with van der Waals surface area (Å²) in [6, 6.07) is 2.54. The Morgan fingerprint density at radius 2 is 1.93 bits per heavy atom. The molecule has 0 radical (unpaired) electrons. The van der Waals surface area contributed by atoms with Crippen molar-refractivity contribution >= 4 is 22.6 Å². The maximum Gasteiger partial charge on any atom is 0.145 e. The largest absolute Gasteiger partial charge is 0.388 e. The molecule has 1 unspecified atom stereocenters. The summed E-state index contributed by atoms with van der Waals surface area (Å²) in [5, 5.41) is 9.69. The van der Waals surface area contributed by atoms with E-state index in [9.17, 15) is 13.9 Å². The van der Waals surface area contributed by atoms with E-state index in [0.29, 0.717) is 9.99 Å². The summed E-state index contributed by atoms with van der Waals surface area (Å²) in [5.41, 5.74) is -0.212. The molecule has 1 N–H and O–H groups in total. The van der Waals surface area contributed by atoms with E-state index >= 15 is 0 Å². The Kier molecular flexibility index (Phi) is 4.45. The molecule has 0 heterocycles. The Hall–Kier alpha value is -0.230. The van der Waals surface area contributed by atoms with E-state index in [1.54, 1.807) is 22.6 Å². The highest BCUT2D eigenvalue weighted by Crippen LogP contribution is 2.28. The van der Waals surface area contributed by atoms with E-state index in [0.717, 1.165) is 0 Å². The molecule has 1 nitrogen and oxygen atoms in total. The van der Waals surface area contributed by atoms with Gasteiger partial charge in [0.05, 0.1) is 11.7 Å². The highest BCUT2D eigenvalue weighted by Gasteiger charge is 2.20. The molecular weight excluding hydrogens is 313 g/mol. The Balaban J connectivity index is 3.07. The third kappa shape index (κ3) is 3.11. The lowest BCUT2D eigenvalue weighted by Gasteiger charge is -2.15. The van der Waals surface area contributed by atoms with Gasteiger partial charge in [-0.25, -0.2) is 8.78 Å². The summed E-state index contributed by atoms with van der Waals surface area (Å²) in [5.74, 6) is -1.14. The van der Waals surface area contributed by atoms with Gasteiger partial charge in [-0.05, 0) is 47.1 Å². The average molecular weight is 326 g/mol. The minimum Gasteiger partial charge on any atom is -0.388 e. The molecule has 1 rings (SSSR count). The van der Waals surface area contributed by atoms with Gasteiger partial charge in [-0.3, -0.25) is 0 Å². The predicted octanol–water partition coefficient (Wildman–Crippen LogP) is 3.65. The number of rotatable bonds is 3. The zero-order chi connectivity index (χ0) is 11.6. The molecular formula is C11H13F2IO. The van der Waals surface area contributed by atoms with Crippen LogP contribution in [-0.4, -0.2) is 5.11 Å². The van der Waals surface area contributed by atoms with Gasteiger partial charge in [0.1, 0.15) is 11.6 Å². The zero-order valence-corrected chi connectivity index (χ0v) is 10.8. The van der Waals surface area contributed by atoms with Gasteiger partial charge in [0.2, 0.25) is 0 Å². The molecule has 1 aromatic rings. The van der Waals surface area contributed by atoms with Gasteiger partial charge in [-0.1, -0.05) is 13.8 Å². The van der Waals surface area contributed by atoms with Crippen LogP contribution in [0.4, 0.5) is 8.78 Å². The first-order chi connectivity index (χ1) is 6.93. The lowest BCUT2D eigenvalue weighted by Crippen LogP contribution is -2.08. The zero-order valence-electron chi connectivity index (χ0n) is 8.60. The number of halogens is 3. The molecule has 0 aliphatic carbocycles. The van der Waals surface area contributed by atoms with E-state index in [1.807, 2.05) is 13.8 Å². The summed E-state index contributed by atoms with van der Waals surface area (Å²) in [4.78, 5) is 0. The molecule has 1 atom stereocenters. The van der Waals surface area contributed by atoms with E-state index in [4.69, 9.17) is 0 Å². The second-order valence-electron chi connectivity index (χ2n) is 3.90. The SMILES string of the molecule is CC(C)CC(O)c1c(F)ccc(I)c1F. The molecule has 0 aliphatic heterocycles. The monoisotopic (exact) mass is 326 g/mol. The fourth-order valence-electron chi connectivity index (χ4n) is 1.41. The third-order valence-corrected chi connectivity index (χ3v) is 2.94. The molecule has 0 saturated carbocycles. The predicted molar refractivity (Wildman–Crippen MR) is 63.5 cm³/mol. The Labute approximate surface area is 102 Å². The van der Waals surface area contributed by atoms with Gasteiger partial charge in [0, 0.05) is 3.57 Å². The van der Waals surface area contributed by atoms with Gasteiger partial charge >= 0.3 is 0 Å². The Morgan fingerprint density at radius 1 is 1.33 bits per heavy atom. The maximum atomic E-state index is 13.6. The summed E-state index contributed by atoms with van der Waals surface area (Å²) in [6.07, 6.45) is -0.715. The summed E-state index contributed by atoms with van der Waals surface area (Å²) < 4.78 is 27.2. The second-order valence-corrected chi connectivity index (χ2v) is 5.06. The molecule has 84 valence electrons. The number of hydrogen-bond acceptors (Lipinski definition) is 1. The van der Waals surface area contributed by atoms with Crippen molar-refractivity contribution in [1.82, 2.24) is 0 Å². The molecule has 0 fully saturated rings. The van der Waals surface area contributed by atoms with Crippen LogP contribution in [0.2, 0.25) is 0 Å². The number of aliphatic hydroxyl groups excluding tert-OH is 1. The fraction of sp³-hybridized carbons (Fsp3) is 0.455. The Bertz CT molecular complexity index is 353. The highest BCUT2D eigenvalue weighted by molar-refractivity contribution is 14.1. The van der Waals surface area contributed by atoms with Crippen molar-refractivity contribution in [2.24, 2.45) is 5.92 Å². The molecule has 0 bridgehead atoms. The summed E-state index contributed by atoms with van der Waals surface area (Å²) >= 11 is 1.78. The van der Waals surface area contributed by atoms with Crippen LogP contribution in [0.15, 0.2) is 12.1 Å². The maximum absolute atomic E-state index is 13.6. The molecule has 1 aromatic carbocycles. The van der Waals surface area contributed by atoms with Crippen molar-refractivity contribution in [2.45, 2.75) is 26.4 Å². The quantitative estimate of drug-likeness (QED) is 0.664. The molecule has 0 aliphatic rings. The van der Waals surface area contributed by atoms with Gasteiger partial charge in [0.25, 0.3) is 0 Å². The average Bonchev–Trinajstić information content (AvgIpc) is 2.11. The lowest BCUT2D eigenvalue weighted by molar-refractivity contribution is 0.142. The smallest absolute Gasteiger partial charge is 0.145 e. The van der Waals surface area contributed by atoms with Crippen molar-refractivity contribution in [1.29, 1.82) is 0 Å². The number of hydrogen-bond donors (Lipinski definition) is 1. The minimum absolute atomic E-state index is 0.191. The molecule has 0 saturated heterocycles. The van der Waals surface area contributed by atoms with Crippen LogP contribution in [0, 0.1) is 21.1 Å². The van der Waals surface area contributed by atoms with Crippen LogP contribution in [0.3, 0.4) is 0 Å². The van der Waals surface area contributed by atoms with Crippen LogP contribution in [-0.2, 0) is 0 Å². The normalized spacial score (nSPS) is 13.3. The topological polar surface area (TPSA) is 20.2 Å². The first-order valence-corrected chi connectivity index (χ1v) is 5.82.